The molecule has 0 amide bonds. The Morgan fingerprint density at radius 3 is 3.27 bits per heavy atom. The molecule has 0 aromatic carbocycles. The number of ketones is 1. The van der Waals surface area contributed by atoms with Gasteiger partial charge in [0.25, 0.3) is 0 Å². The first kappa shape index (κ1) is 10.3. The fourth-order valence-electron chi connectivity index (χ4n) is 1.69. The zero-order valence-electron chi connectivity index (χ0n) is 8.36. The van der Waals surface area contributed by atoms with Crippen LogP contribution in [0.1, 0.15) is 28.7 Å². The summed E-state index contributed by atoms with van der Waals surface area (Å²) in [6.07, 6.45) is 1.29. The number of carbonyl (C=O) groups excluding carboxylic acids is 2. The second-order valence-corrected chi connectivity index (χ2v) is 4.27. The van der Waals surface area contributed by atoms with Crippen LogP contribution in [0.15, 0.2) is 5.51 Å². The average molecular weight is 225 g/mol. The SMILES string of the molecule is CCOC(=O)C1CCc2scnc2C1=O. The standard InChI is InChI=1S/C10H11NO3S/c1-2-14-10(13)6-3-4-7-8(9(6)12)11-5-15-7/h5-6H,2-4H2,1H3. The first-order valence-corrected chi connectivity index (χ1v) is 5.75. The number of hydrogen-bond donors (Lipinski definition) is 0. The van der Waals surface area contributed by atoms with E-state index in [0.29, 0.717) is 18.7 Å². The molecule has 1 heterocycles. The summed E-state index contributed by atoms with van der Waals surface area (Å²) >= 11 is 1.47. The van der Waals surface area contributed by atoms with E-state index in [4.69, 9.17) is 4.74 Å². The van der Waals surface area contributed by atoms with Gasteiger partial charge in [0.1, 0.15) is 11.6 Å². The first-order valence-electron chi connectivity index (χ1n) is 4.87. The smallest absolute Gasteiger partial charge is 0.316 e. The van der Waals surface area contributed by atoms with E-state index in [1.807, 2.05) is 0 Å². The number of fused-ring (bicyclic) bond motifs is 1. The van der Waals surface area contributed by atoms with Crippen LogP contribution in [-0.2, 0) is 16.0 Å². The summed E-state index contributed by atoms with van der Waals surface area (Å²) < 4.78 is 4.86. The number of rotatable bonds is 2. The van der Waals surface area contributed by atoms with Crippen molar-refractivity contribution in [2.24, 2.45) is 5.92 Å². The van der Waals surface area contributed by atoms with Crippen molar-refractivity contribution in [2.75, 3.05) is 6.61 Å². The lowest BCUT2D eigenvalue weighted by molar-refractivity contribution is -0.146. The van der Waals surface area contributed by atoms with Gasteiger partial charge in [-0.2, -0.15) is 0 Å². The summed E-state index contributed by atoms with van der Waals surface area (Å²) in [6, 6.07) is 0. The zero-order chi connectivity index (χ0) is 10.8. The Bertz CT molecular complexity index is 399. The van der Waals surface area contributed by atoms with Crippen molar-refractivity contribution < 1.29 is 14.3 Å². The molecular weight excluding hydrogens is 214 g/mol. The highest BCUT2D eigenvalue weighted by atomic mass is 32.1. The Morgan fingerprint density at radius 1 is 1.73 bits per heavy atom. The average Bonchev–Trinajstić information content (AvgIpc) is 2.67. The van der Waals surface area contributed by atoms with Crippen LogP contribution in [0.2, 0.25) is 0 Å². The summed E-state index contributed by atoms with van der Waals surface area (Å²) in [7, 11) is 0. The molecule has 15 heavy (non-hydrogen) atoms. The van der Waals surface area contributed by atoms with Crippen molar-refractivity contribution in [1.82, 2.24) is 4.98 Å². The van der Waals surface area contributed by atoms with Crippen LogP contribution in [-0.4, -0.2) is 23.3 Å². The van der Waals surface area contributed by atoms with Crippen LogP contribution in [0.5, 0.6) is 0 Å². The minimum Gasteiger partial charge on any atom is -0.465 e. The molecule has 1 aromatic rings. The number of nitrogens with zero attached hydrogens (tertiary/aromatic N) is 1. The number of aryl methyl sites for hydroxylation is 1. The van der Waals surface area contributed by atoms with E-state index in [-0.39, 0.29) is 5.78 Å². The van der Waals surface area contributed by atoms with Crippen molar-refractivity contribution in [1.29, 1.82) is 0 Å². The van der Waals surface area contributed by atoms with Gasteiger partial charge in [0.15, 0.2) is 5.78 Å². The van der Waals surface area contributed by atoms with Crippen LogP contribution >= 0.6 is 11.3 Å². The summed E-state index contributed by atoms with van der Waals surface area (Å²) in [5, 5.41) is 0. The Hall–Kier alpha value is -1.23. The van der Waals surface area contributed by atoms with Gasteiger partial charge in [-0.1, -0.05) is 0 Å². The van der Waals surface area contributed by atoms with Crippen LogP contribution in [0.3, 0.4) is 0 Å². The Kier molecular flexibility index (Phi) is 2.81. The maximum Gasteiger partial charge on any atom is 0.316 e. The topological polar surface area (TPSA) is 56.3 Å². The van der Waals surface area contributed by atoms with Crippen molar-refractivity contribution in [3.63, 3.8) is 0 Å². The molecule has 0 saturated heterocycles. The fraction of sp³-hybridized carbons (Fsp3) is 0.500. The zero-order valence-corrected chi connectivity index (χ0v) is 9.17. The van der Waals surface area contributed by atoms with E-state index < -0.39 is 11.9 Å². The largest absolute Gasteiger partial charge is 0.465 e. The van der Waals surface area contributed by atoms with Gasteiger partial charge in [0.2, 0.25) is 0 Å². The molecule has 0 N–H and O–H groups in total. The Morgan fingerprint density at radius 2 is 2.53 bits per heavy atom. The molecule has 5 heteroatoms. The first-order chi connectivity index (χ1) is 7.24. The van der Waals surface area contributed by atoms with E-state index >= 15 is 0 Å². The van der Waals surface area contributed by atoms with E-state index in [9.17, 15) is 9.59 Å². The summed E-state index contributed by atoms with van der Waals surface area (Å²) in [6.45, 7) is 2.05. The van der Waals surface area contributed by atoms with Gasteiger partial charge in [-0.25, -0.2) is 4.98 Å². The number of thiazole rings is 1. The lowest BCUT2D eigenvalue weighted by Crippen LogP contribution is -2.30. The van der Waals surface area contributed by atoms with Crippen LogP contribution in [0.4, 0.5) is 0 Å². The van der Waals surface area contributed by atoms with Crippen molar-refractivity contribution in [3.05, 3.63) is 16.1 Å². The number of carbonyl (C=O) groups is 2. The molecule has 0 spiro atoms. The maximum atomic E-state index is 11.8. The second-order valence-electron chi connectivity index (χ2n) is 3.33. The quantitative estimate of drug-likeness (QED) is 0.564. The van der Waals surface area contributed by atoms with Gasteiger partial charge >= 0.3 is 5.97 Å². The molecule has 4 nitrogen and oxygen atoms in total. The molecule has 0 radical (unpaired) electrons. The van der Waals surface area contributed by atoms with Crippen LogP contribution in [0, 0.1) is 5.92 Å². The summed E-state index contributed by atoms with van der Waals surface area (Å²) in [5.41, 5.74) is 2.11. The second kappa shape index (κ2) is 4.10. The number of ether oxygens (including phenoxy) is 1. The molecule has 1 atom stereocenters. The number of Topliss-reactive ketones (excluding diaryl/α,β-unsaturated/α-hetero) is 1. The van der Waals surface area contributed by atoms with E-state index in [0.717, 1.165) is 11.3 Å². The molecule has 1 aliphatic carbocycles. The highest BCUT2D eigenvalue weighted by molar-refractivity contribution is 7.10. The van der Waals surface area contributed by atoms with Gasteiger partial charge in [0.05, 0.1) is 12.1 Å². The molecule has 0 fully saturated rings. The Balaban J connectivity index is 2.20. The molecule has 0 aliphatic heterocycles. The third kappa shape index (κ3) is 1.79. The van der Waals surface area contributed by atoms with E-state index in [2.05, 4.69) is 4.98 Å². The van der Waals surface area contributed by atoms with E-state index in [1.54, 1.807) is 12.4 Å². The molecule has 1 aliphatic rings. The normalized spacial score (nSPS) is 19.8. The predicted octanol–water partition coefficient (Wildman–Crippen LogP) is 1.45. The number of hydrogen-bond acceptors (Lipinski definition) is 5. The number of esters is 1. The fourth-order valence-corrected chi connectivity index (χ4v) is 2.47. The van der Waals surface area contributed by atoms with Crippen LogP contribution in [0.25, 0.3) is 0 Å². The van der Waals surface area contributed by atoms with Crippen molar-refractivity contribution in [3.8, 4) is 0 Å². The lowest BCUT2D eigenvalue weighted by Gasteiger charge is -2.17. The van der Waals surface area contributed by atoms with Gasteiger partial charge < -0.3 is 4.74 Å². The third-order valence-corrected chi connectivity index (χ3v) is 3.31. The van der Waals surface area contributed by atoms with Gasteiger partial charge in [-0.3, -0.25) is 9.59 Å². The van der Waals surface area contributed by atoms with Gasteiger partial charge in [0, 0.05) is 4.88 Å². The molecule has 0 bridgehead atoms. The summed E-state index contributed by atoms with van der Waals surface area (Å²) in [4.78, 5) is 28.3. The highest BCUT2D eigenvalue weighted by Gasteiger charge is 2.35. The van der Waals surface area contributed by atoms with Gasteiger partial charge in [-0.15, -0.1) is 11.3 Å². The summed E-state index contributed by atoms with van der Waals surface area (Å²) in [5.74, 6) is -1.24. The van der Waals surface area contributed by atoms with Crippen molar-refractivity contribution in [2.45, 2.75) is 19.8 Å². The number of aromatic nitrogens is 1. The third-order valence-electron chi connectivity index (χ3n) is 2.42. The maximum absolute atomic E-state index is 11.8. The molecule has 1 unspecified atom stereocenters. The molecule has 2 rings (SSSR count). The van der Waals surface area contributed by atoms with Crippen LogP contribution < -0.4 is 0 Å². The monoisotopic (exact) mass is 225 g/mol. The van der Waals surface area contributed by atoms with E-state index in [1.165, 1.54) is 11.3 Å². The van der Waals surface area contributed by atoms with Crippen molar-refractivity contribution >= 4 is 23.1 Å². The molecule has 1 aromatic heterocycles. The minimum atomic E-state index is -0.639. The minimum absolute atomic E-state index is 0.184. The lowest BCUT2D eigenvalue weighted by atomic mass is 9.90. The highest BCUT2D eigenvalue weighted by Crippen LogP contribution is 2.28. The van der Waals surface area contributed by atoms with Gasteiger partial charge in [-0.05, 0) is 19.8 Å². The predicted molar refractivity (Wildman–Crippen MR) is 54.9 cm³/mol. The molecule has 80 valence electrons. The molecule has 0 saturated carbocycles. The Labute approximate surface area is 91.3 Å². The molecular formula is C10H11NO3S.